The third-order valence-electron chi connectivity index (χ3n) is 7.02. The fourth-order valence-electron chi connectivity index (χ4n) is 4.66. The third kappa shape index (κ3) is 9.27. The molecule has 4 amide bonds. The van der Waals surface area contributed by atoms with Gasteiger partial charge in [0, 0.05) is 43.9 Å². The molecule has 11 nitrogen and oxygen atoms in total. The Morgan fingerprint density at radius 2 is 1.91 bits per heavy atom. The van der Waals surface area contributed by atoms with Gasteiger partial charge in [-0.1, -0.05) is 24.3 Å². The predicted molar refractivity (Wildman–Crippen MR) is 162 cm³/mol. The van der Waals surface area contributed by atoms with Crippen LogP contribution in [-0.4, -0.2) is 77.4 Å². The fourth-order valence-corrected chi connectivity index (χ4v) is 5.47. The maximum atomic E-state index is 13.4. The molecule has 1 aromatic heterocycles. The highest BCUT2D eigenvalue weighted by molar-refractivity contribution is 7.09. The van der Waals surface area contributed by atoms with Gasteiger partial charge >= 0.3 is 0 Å². The normalized spacial score (nSPS) is 18.4. The number of carbonyl (C=O) groups excluding carboxylic acids is 4. The lowest BCUT2D eigenvalue weighted by atomic mass is 10.0. The second kappa shape index (κ2) is 15.1. The monoisotopic (exact) mass is 607 g/mol. The second-order valence-electron chi connectivity index (χ2n) is 10.4. The summed E-state index contributed by atoms with van der Waals surface area (Å²) in [6.07, 6.45) is 1.52. The van der Waals surface area contributed by atoms with Crippen molar-refractivity contribution in [1.29, 1.82) is 0 Å². The van der Waals surface area contributed by atoms with Crippen LogP contribution in [0.2, 0.25) is 0 Å². The largest absolute Gasteiger partial charge is 0.508 e. The zero-order chi connectivity index (χ0) is 30.8. The molecule has 2 atom stereocenters. The SMILES string of the molecule is Cc1csc(CCCNC(=O)[C@@H]2CCC(=O)N[C@@H](Cc3ccc(O)cc3)C(=O)N(C)CCOc3ccccc3C(=O)N2)n1. The summed E-state index contributed by atoms with van der Waals surface area (Å²) in [5.41, 5.74) is 1.96. The first-order valence-corrected chi connectivity index (χ1v) is 15.1. The van der Waals surface area contributed by atoms with E-state index in [0.717, 1.165) is 16.3 Å². The first-order chi connectivity index (χ1) is 20.7. The number of para-hydroxylation sites is 1. The van der Waals surface area contributed by atoms with Crippen molar-refractivity contribution in [3.63, 3.8) is 0 Å². The average Bonchev–Trinajstić information content (AvgIpc) is 3.41. The summed E-state index contributed by atoms with van der Waals surface area (Å²) in [4.78, 5) is 58.9. The Bertz CT molecular complexity index is 1430. The number of nitrogens with one attached hydrogen (secondary N) is 3. The number of hydrogen-bond donors (Lipinski definition) is 4. The van der Waals surface area contributed by atoms with Crippen LogP contribution in [0.1, 0.15) is 45.9 Å². The van der Waals surface area contributed by atoms with Crippen molar-refractivity contribution in [3.05, 3.63) is 75.7 Å². The van der Waals surface area contributed by atoms with E-state index in [1.807, 2.05) is 12.3 Å². The number of benzene rings is 2. The number of hydrogen-bond acceptors (Lipinski definition) is 8. The fraction of sp³-hybridized carbons (Fsp3) is 0.387. The molecule has 1 aliphatic rings. The van der Waals surface area contributed by atoms with E-state index < -0.39 is 29.8 Å². The van der Waals surface area contributed by atoms with Crippen molar-refractivity contribution in [3.8, 4) is 11.5 Å². The summed E-state index contributed by atoms with van der Waals surface area (Å²) in [6.45, 7) is 2.63. The van der Waals surface area contributed by atoms with Gasteiger partial charge in [-0.15, -0.1) is 11.3 Å². The average molecular weight is 608 g/mol. The molecule has 228 valence electrons. The molecule has 0 bridgehead atoms. The van der Waals surface area contributed by atoms with E-state index in [4.69, 9.17) is 4.74 Å². The molecule has 2 aromatic carbocycles. The standard InChI is InChI=1S/C31H37N5O6S/c1-20-19-43-28(33-20)8-5-15-32-30(40)24-13-14-27(38)34-25(18-21-9-11-22(37)12-10-21)31(41)36(2)16-17-42-26-7-4-3-6-23(26)29(39)35-24/h3-4,6-7,9-12,19,24-25,37H,5,8,13-18H2,1-2H3,(H,32,40)(H,34,38)(H,35,39)/t24-,25-/m0/s1. The zero-order valence-corrected chi connectivity index (χ0v) is 25.1. The minimum absolute atomic E-state index is 0.0219. The summed E-state index contributed by atoms with van der Waals surface area (Å²) in [5, 5.41) is 21.1. The molecular formula is C31H37N5O6S. The number of ether oxygens (including phenoxy) is 1. The van der Waals surface area contributed by atoms with E-state index in [-0.39, 0.29) is 49.6 Å². The number of likely N-dealkylation sites (N-methyl/N-ethyl adjacent to an activating group) is 1. The molecule has 0 radical (unpaired) electrons. The summed E-state index contributed by atoms with van der Waals surface area (Å²) in [7, 11) is 1.62. The number of aryl methyl sites for hydroxylation is 2. The Balaban J connectivity index is 1.50. The lowest BCUT2D eigenvalue weighted by molar-refractivity contribution is -0.135. The summed E-state index contributed by atoms with van der Waals surface area (Å²) >= 11 is 1.57. The second-order valence-corrected chi connectivity index (χ2v) is 11.4. The zero-order valence-electron chi connectivity index (χ0n) is 24.3. The van der Waals surface area contributed by atoms with Gasteiger partial charge in [-0.3, -0.25) is 19.2 Å². The number of phenols is 1. The van der Waals surface area contributed by atoms with Crippen molar-refractivity contribution < 1.29 is 29.0 Å². The molecule has 0 fully saturated rings. The maximum absolute atomic E-state index is 13.4. The van der Waals surface area contributed by atoms with E-state index in [9.17, 15) is 24.3 Å². The van der Waals surface area contributed by atoms with Crippen molar-refractivity contribution in [1.82, 2.24) is 25.8 Å². The van der Waals surface area contributed by atoms with Crippen LogP contribution in [0.3, 0.4) is 0 Å². The highest BCUT2D eigenvalue weighted by atomic mass is 32.1. The van der Waals surface area contributed by atoms with Crippen LogP contribution in [0.4, 0.5) is 0 Å². The molecule has 0 spiro atoms. The maximum Gasteiger partial charge on any atom is 0.255 e. The number of aromatic nitrogens is 1. The molecular weight excluding hydrogens is 570 g/mol. The molecule has 12 heteroatoms. The van der Waals surface area contributed by atoms with E-state index >= 15 is 0 Å². The van der Waals surface area contributed by atoms with Gasteiger partial charge in [0.15, 0.2) is 0 Å². The van der Waals surface area contributed by atoms with Gasteiger partial charge in [0.2, 0.25) is 17.7 Å². The molecule has 4 rings (SSSR count). The first kappa shape index (κ1) is 31.5. The minimum atomic E-state index is -0.993. The van der Waals surface area contributed by atoms with Gasteiger partial charge in [-0.2, -0.15) is 0 Å². The quantitative estimate of drug-likeness (QED) is 0.301. The Kier molecular flexibility index (Phi) is 11.1. The number of rotatable bonds is 7. The van der Waals surface area contributed by atoms with Crippen molar-refractivity contribution >= 4 is 35.0 Å². The summed E-state index contributed by atoms with van der Waals surface area (Å²) < 4.78 is 5.88. The number of thiazole rings is 1. The van der Waals surface area contributed by atoms with Gasteiger partial charge < -0.3 is 30.7 Å². The van der Waals surface area contributed by atoms with Crippen molar-refractivity contribution in [2.45, 2.75) is 51.1 Å². The minimum Gasteiger partial charge on any atom is -0.508 e. The highest BCUT2D eigenvalue weighted by Crippen LogP contribution is 2.19. The van der Waals surface area contributed by atoms with Crippen LogP contribution in [0, 0.1) is 6.92 Å². The molecule has 0 saturated carbocycles. The molecule has 4 N–H and O–H groups in total. The van der Waals surface area contributed by atoms with Crippen molar-refractivity contribution in [2.75, 3.05) is 26.7 Å². The van der Waals surface area contributed by atoms with Crippen molar-refractivity contribution in [2.24, 2.45) is 0 Å². The molecule has 2 heterocycles. The summed E-state index contributed by atoms with van der Waals surface area (Å²) in [6, 6.07) is 11.2. The Labute approximate surface area is 254 Å². The van der Waals surface area contributed by atoms with E-state index in [2.05, 4.69) is 20.9 Å². The first-order valence-electron chi connectivity index (χ1n) is 14.2. The van der Waals surface area contributed by atoms with E-state index in [0.29, 0.717) is 25.1 Å². The predicted octanol–water partition coefficient (Wildman–Crippen LogP) is 2.36. The van der Waals surface area contributed by atoms with E-state index in [1.54, 1.807) is 54.8 Å². The molecule has 0 saturated heterocycles. The molecule has 0 unspecified atom stereocenters. The Morgan fingerprint density at radius 1 is 1.14 bits per heavy atom. The van der Waals surface area contributed by atoms with Gasteiger partial charge in [-0.05, 0) is 49.6 Å². The molecule has 0 aliphatic carbocycles. The number of fused-ring (bicyclic) bond motifs is 1. The third-order valence-corrected chi connectivity index (χ3v) is 8.04. The topological polar surface area (TPSA) is 150 Å². The van der Waals surface area contributed by atoms with Gasteiger partial charge in [0.25, 0.3) is 5.91 Å². The summed E-state index contributed by atoms with van der Waals surface area (Å²) in [5.74, 6) is -1.23. The molecule has 3 aromatic rings. The van der Waals surface area contributed by atoms with E-state index in [1.165, 1.54) is 17.0 Å². The van der Waals surface area contributed by atoms with Crippen LogP contribution in [0.5, 0.6) is 11.5 Å². The van der Waals surface area contributed by atoms with Gasteiger partial charge in [0.05, 0.1) is 17.1 Å². The highest BCUT2D eigenvalue weighted by Gasteiger charge is 2.28. The van der Waals surface area contributed by atoms with Crippen LogP contribution < -0.4 is 20.7 Å². The number of phenolic OH excluding ortho intramolecular Hbond substituents is 1. The number of nitrogens with zero attached hydrogens (tertiary/aromatic N) is 2. The smallest absolute Gasteiger partial charge is 0.255 e. The number of aromatic hydroxyl groups is 1. The Hall–Kier alpha value is -4.45. The van der Waals surface area contributed by atoms with Crippen LogP contribution in [0.25, 0.3) is 0 Å². The van der Waals surface area contributed by atoms with Gasteiger partial charge in [0.1, 0.15) is 30.2 Å². The molecule has 43 heavy (non-hydrogen) atoms. The molecule has 1 aliphatic heterocycles. The van der Waals surface area contributed by atoms with Gasteiger partial charge in [-0.25, -0.2) is 4.98 Å². The van der Waals surface area contributed by atoms with Crippen LogP contribution in [-0.2, 0) is 27.2 Å². The van der Waals surface area contributed by atoms with Crippen LogP contribution >= 0.6 is 11.3 Å². The van der Waals surface area contributed by atoms with Crippen LogP contribution in [0.15, 0.2) is 53.9 Å². The lowest BCUT2D eigenvalue weighted by Gasteiger charge is -2.25. The lowest BCUT2D eigenvalue weighted by Crippen LogP contribution is -2.50. The Morgan fingerprint density at radius 3 is 2.65 bits per heavy atom. The number of carbonyl (C=O) groups is 4. The number of amides is 4.